The van der Waals surface area contributed by atoms with E-state index >= 15 is 0 Å². The molecule has 1 rings (SSSR count). The Hall–Kier alpha value is -0.880. The van der Waals surface area contributed by atoms with Crippen LogP contribution in [-0.4, -0.2) is 25.2 Å². The van der Waals surface area contributed by atoms with Gasteiger partial charge in [0.25, 0.3) is 0 Å². The molecule has 20 heavy (non-hydrogen) atoms. The molecule has 0 bridgehead atoms. The van der Waals surface area contributed by atoms with Crippen molar-refractivity contribution >= 4 is 11.8 Å². The Morgan fingerprint density at radius 2 is 2.05 bits per heavy atom. The molecule has 0 aliphatic carbocycles. The predicted octanol–water partition coefficient (Wildman–Crippen LogP) is 3.95. The molecule has 0 aromatic heterocycles. The molecule has 2 nitrogen and oxygen atoms in total. The van der Waals surface area contributed by atoms with Crippen LogP contribution in [0.1, 0.15) is 24.5 Å². The van der Waals surface area contributed by atoms with Crippen LogP contribution >= 0.6 is 11.8 Å². The maximum absolute atomic E-state index is 13.0. The lowest BCUT2D eigenvalue weighted by atomic mass is 10.1. The molecule has 0 unspecified atom stereocenters. The molecule has 6 heteroatoms. The Kier molecular flexibility index (Phi) is 7.23. The van der Waals surface area contributed by atoms with Crippen LogP contribution in [-0.2, 0) is 12.7 Å². The van der Waals surface area contributed by atoms with Gasteiger partial charge in [0.1, 0.15) is 5.75 Å². The molecule has 0 heterocycles. The van der Waals surface area contributed by atoms with Crippen molar-refractivity contribution in [1.82, 2.24) is 5.32 Å². The lowest BCUT2D eigenvalue weighted by molar-refractivity contribution is -0.138. The Bertz CT molecular complexity index is 410. The molecule has 0 aliphatic heterocycles. The number of rotatable bonds is 8. The Morgan fingerprint density at radius 3 is 2.65 bits per heavy atom. The van der Waals surface area contributed by atoms with Gasteiger partial charge in [0.05, 0.1) is 12.2 Å². The van der Waals surface area contributed by atoms with Crippen molar-refractivity contribution in [3.63, 3.8) is 0 Å². The number of alkyl halides is 3. The first-order valence-electron chi connectivity index (χ1n) is 6.51. The summed E-state index contributed by atoms with van der Waals surface area (Å²) in [6, 6.07) is 4.25. The summed E-state index contributed by atoms with van der Waals surface area (Å²) in [5, 5.41) is 3.09. The molecule has 0 saturated heterocycles. The predicted molar refractivity (Wildman–Crippen MR) is 77.3 cm³/mol. The molecule has 114 valence electrons. The van der Waals surface area contributed by atoms with Crippen molar-refractivity contribution in [3.05, 3.63) is 29.3 Å². The van der Waals surface area contributed by atoms with E-state index < -0.39 is 11.7 Å². The van der Waals surface area contributed by atoms with E-state index in [0.717, 1.165) is 19.0 Å². The van der Waals surface area contributed by atoms with Crippen molar-refractivity contribution in [2.75, 3.05) is 25.2 Å². The highest BCUT2D eigenvalue weighted by Crippen LogP contribution is 2.36. The third-order valence-electron chi connectivity index (χ3n) is 2.65. The van der Waals surface area contributed by atoms with E-state index in [0.29, 0.717) is 17.9 Å². The van der Waals surface area contributed by atoms with Crippen LogP contribution in [0.3, 0.4) is 0 Å². The molecule has 0 saturated carbocycles. The smallest absolute Gasteiger partial charge is 0.419 e. The summed E-state index contributed by atoms with van der Waals surface area (Å²) in [4.78, 5) is 0. The van der Waals surface area contributed by atoms with Crippen LogP contribution in [0.4, 0.5) is 13.2 Å². The molecule has 0 spiro atoms. The van der Waals surface area contributed by atoms with Gasteiger partial charge in [-0.15, -0.1) is 0 Å². The summed E-state index contributed by atoms with van der Waals surface area (Å²) in [6.45, 7) is 3.50. The number of halogens is 3. The van der Waals surface area contributed by atoms with Gasteiger partial charge < -0.3 is 10.1 Å². The lowest BCUT2D eigenvalue weighted by Gasteiger charge is -2.15. The Morgan fingerprint density at radius 1 is 1.30 bits per heavy atom. The molecule has 0 fully saturated rings. The fourth-order valence-electron chi connectivity index (χ4n) is 1.68. The quantitative estimate of drug-likeness (QED) is 0.735. The van der Waals surface area contributed by atoms with E-state index in [1.54, 1.807) is 6.07 Å². The van der Waals surface area contributed by atoms with Crippen molar-refractivity contribution in [3.8, 4) is 5.75 Å². The van der Waals surface area contributed by atoms with Crippen LogP contribution in [0, 0.1) is 0 Å². The summed E-state index contributed by atoms with van der Waals surface area (Å²) >= 11 is 1.53. The number of nitrogens with one attached hydrogen (secondary N) is 1. The third kappa shape index (κ3) is 5.63. The topological polar surface area (TPSA) is 21.3 Å². The fraction of sp³-hybridized carbons (Fsp3) is 0.571. The van der Waals surface area contributed by atoms with Gasteiger partial charge >= 0.3 is 6.18 Å². The zero-order chi connectivity index (χ0) is 15.0. The van der Waals surface area contributed by atoms with E-state index in [-0.39, 0.29) is 12.4 Å². The van der Waals surface area contributed by atoms with Crippen LogP contribution < -0.4 is 10.1 Å². The molecule has 1 N–H and O–H groups in total. The highest BCUT2D eigenvalue weighted by molar-refractivity contribution is 7.98. The van der Waals surface area contributed by atoms with Gasteiger partial charge in [-0.3, -0.25) is 0 Å². The monoisotopic (exact) mass is 307 g/mol. The summed E-state index contributed by atoms with van der Waals surface area (Å²) in [5.41, 5.74) is -0.0857. The number of benzene rings is 1. The van der Waals surface area contributed by atoms with E-state index in [4.69, 9.17) is 4.74 Å². The fourth-order valence-corrected chi connectivity index (χ4v) is 1.93. The van der Waals surface area contributed by atoms with Gasteiger partial charge in [0, 0.05) is 12.3 Å². The van der Waals surface area contributed by atoms with Crippen LogP contribution in [0.5, 0.6) is 5.75 Å². The summed E-state index contributed by atoms with van der Waals surface area (Å²) in [6.07, 6.45) is -1.56. The average Bonchev–Trinajstić information content (AvgIpc) is 2.39. The van der Waals surface area contributed by atoms with Gasteiger partial charge in [0.15, 0.2) is 0 Å². The van der Waals surface area contributed by atoms with Crippen LogP contribution in [0.2, 0.25) is 0 Å². The van der Waals surface area contributed by atoms with E-state index in [2.05, 4.69) is 5.32 Å². The number of ether oxygens (including phenoxy) is 1. The maximum atomic E-state index is 13.0. The third-order valence-corrected chi connectivity index (χ3v) is 3.23. The molecular formula is C14H20F3NOS. The summed E-state index contributed by atoms with van der Waals surface area (Å²) in [5.74, 6) is 0.572. The van der Waals surface area contributed by atoms with Crippen molar-refractivity contribution in [2.24, 2.45) is 0 Å². The van der Waals surface area contributed by atoms with Crippen LogP contribution in [0.25, 0.3) is 0 Å². The highest BCUT2D eigenvalue weighted by Gasteiger charge is 2.34. The Balaban J connectivity index is 2.83. The average molecular weight is 307 g/mol. The minimum Gasteiger partial charge on any atom is -0.492 e. The standard InChI is InChI=1S/C14H20F3NOS/c1-3-6-18-10-11-4-5-13(19-7-8-20-2)12(9-11)14(15,16)17/h4-5,9,18H,3,6-8,10H2,1-2H3. The molecule has 1 aromatic carbocycles. The SMILES string of the molecule is CCCNCc1ccc(OCCSC)c(C(F)(F)F)c1. The Labute approximate surface area is 122 Å². The minimum atomic E-state index is -4.39. The second kappa shape index (κ2) is 8.42. The molecule has 0 atom stereocenters. The first-order valence-corrected chi connectivity index (χ1v) is 7.91. The number of hydrogen-bond donors (Lipinski definition) is 1. The molecule has 0 radical (unpaired) electrons. The molecule has 0 aliphatic rings. The maximum Gasteiger partial charge on any atom is 0.419 e. The van der Waals surface area contributed by atoms with Crippen LogP contribution in [0.15, 0.2) is 18.2 Å². The van der Waals surface area contributed by atoms with E-state index in [1.807, 2.05) is 13.2 Å². The van der Waals surface area contributed by atoms with Crippen molar-refractivity contribution in [2.45, 2.75) is 26.1 Å². The number of thioether (sulfide) groups is 1. The van der Waals surface area contributed by atoms with Gasteiger partial charge in [-0.2, -0.15) is 24.9 Å². The zero-order valence-corrected chi connectivity index (χ0v) is 12.5. The lowest BCUT2D eigenvalue weighted by Crippen LogP contribution is -2.15. The highest BCUT2D eigenvalue weighted by atomic mass is 32.2. The molecular weight excluding hydrogens is 287 g/mol. The number of hydrogen-bond acceptors (Lipinski definition) is 3. The second-order valence-corrected chi connectivity index (χ2v) is 5.33. The largest absolute Gasteiger partial charge is 0.492 e. The zero-order valence-electron chi connectivity index (χ0n) is 11.7. The second-order valence-electron chi connectivity index (χ2n) is 4.35. The van der Waals surface area contributed by atoms with Crippen molar-refractivity contribution in [1.29, 1.82) is 0 Å². The van der Waals surface area contributed by atoms with Gasteiger partial charge in [-0.25, -0.2) is 0 Å². The van der Waals surface area contributed by atoms with E-state index in [1.165, 1.54) is 17.8 Å². The van der Waals surface area contributed by atoms with Gasteiger partial charge in [-0.1, -0.05) is 13.0 Å². The van der Waals surface area contributed by atoms with E-state index in [9.17, 15) is 13.2 Å². The summed E-state index contributed by atoms with van der Waals surface area (Å²) in [7, 11) is 0. The first-order chi connectivity index (χ1) is 9.49. The normalized spacial score (nSPS) is 11.7. The minimum absolute atomic E-state index is 0.0919. The first kappa shape index (κ1) is 17.2. The molecule has 0 amide bonds. The van der Waals surface area contributed by atoms with Gasteiger partial charge in [0.2, 0.25) is 0 Å². The summed E-state index contributed by atoms with van der Waals surface area (Å²) < 4.78 is 44.3. The van der Waals surface area contributed by atoms with Crippen molar-refractivity contribution < 1.29 is 17.9 Å². The molecule has 1 aromatic rings. The van der Waals surface area contributed by atoms with Gasteiger partial charge in [-0.05, 0) is 36.9 Å².